The number of guanidine groups is 1. The van der Waals surface area contributed by atoms with E-state index in [-0.39, 0.29) is 11.8 Å². The second-order valence-electron chi connectivity index (χ2n) is 6.29. The second-order valence-corrected chi connectivity index (χ2v) is 7.32. The minimum atomic E-state index is -0.0257. The van der Waals surface area contributed by atoms with Crippen LogP contribution in [-0.2, 0) is 17.8 Å². The molecular formula is C20H28N4OS. The number of amides is 1. The molecule has 140 valence electrons. The SMILES string of the molecule is CCNC(=NCc1ccc(NC(=O)C(C)C)cc1)NCCc1cccs1. The summed E-state index contributed by atoms with van der Waals surface area (Å²) in [5, 5.41) is 11.6. The number of thiophene rings is 1. The number of nitrogens with one attached hydrogen (secondary N) is 3. The fourth-order valence-corrected chi connectivity index (χ4v) is 2.96. The zero-order chi connectivity index (χ0) is 18.8. The standard InChI is InChI=1S/C20H28N4OS/c1-4-21-20(22-12-11-18-6-5-13-26-18)23-14-16-7-9-17(10-8-16)24-19(25)15(2)3/h5-10,13,15H,4,11-12,14H2,1-3H3,(H,24,25)(H2,21,22,23). The average Bonchev–Trinajstić information content (AvgIpc) is 3.14. The number of anilines is 1. The van der Waals surface area contributed by atoms with Crippen molar-refractivity contribution in [1.82, 2.24) is 10.6 Å². The average molecular weight is 373 g/mol. The number of benzene rings is 1. The van der Waals surface area contributed by atoms with Crippen molar-refractivity contribution in [2.75, 3.05) is 18.4 Å². The summed E-state index contributed by atoms with van der Waals surface area (Å²) < 4.78 is 0. The molecule has 0 unspecified atom stereocenters. The predicted octanol–water partition coefficient (Wildman–Crippen LogP) is 3.64. The van der Waals surface area contributed by atoms with Crippen molar-refractivity contribution in [2.24, 2.45) is 10.9 Å². The van der Waals surface area contributed by atoms with Crippen molar-refractivity contribution in [3.63, 3.8) is 0 Å². The van der Waals surface area contributed by atoms with Crippen LogP contribution in [0.1, 0.15) is 31.2 Å². The van der Waals surface area contributed by atoms with Gasteiger partial charge in [0, 0.05) is 29.6 Å². The van der Waals surface area contributed by atoms with Gasteiger partial charge in [-0.25, -0.2) is 4.99 Å². The molecule has 0 aliphatic carbocycles. The third-order valence-corrected chi connectivity index (χ3v) is 4.69. The van der Waals surface area contributed by atoms with E-state index in [1.807, 2.05) is 38.1 Å². The zero-order valence-corrected chi connectivity index (χ0v) is 16.5. The van der Waals surface area contributed by atoms with Gasteiger partial charge in [0.05, 0.1) is 6.54 Å². The van der Waals surface area contributed by atoms with Crippen molar-refractivity contribution < 1.29 is 4.79 Å². The van der Waals surface area contributed by atoms with E-state index in [0.717, 1.165) is 36.7 Å². The number of carbonyl (C=O) groups is 1. The lowest BCUT2D eigenvalue weighted by atomic mass is 10.2. The Bertz CT molecular complexity index is 693. The van der Waals surface area contributed by atoms with Crippen LogP contribution in [0, 0.1) is 5.92 Å². The number of nitrogens with zero attached hydrogens (tertiary/aromatic N) is 1. The van der Waals surface area contributed by atoms with Gasteiger partial charge in [0.25, 0.3) is 0 Å². The summed E-state index contributed by atoms with van der Waals surface area (Å²) in [6, 6.07) is 12.1. The molecule has 1 aromatic heterocycles. The van der Waals surface area contributed by atoms with Crippen molar-refractivity contribution in [2.45, 2.75) is 33.7 Å². The normalized spacial score (nSPS) is 11.5. The van der Waals surface area contributed by atoms with Crippen LogP contribution < -0.4 is 16.0 Å². The van der Waals surface area contributed by atoms with E-state index in [4.69, 9.17) is 0 Å². The molecule has 3 N–H and O–H groups in total. The van der Waals surface area contributed by atoms with Gasteiger partial charge in [-0.2, -0.15) is 0 Å². The van der Waals surface area contributed by atoms with Crippen molar-refractivity contribution >= 4 is 28.9 Å². The minimum absolute atomic E-state index is 0.0257. The Kier molecular flexibility index (Phi) is 8.15. The zero-order valence-electron chi connectivity index (χ0n) is 15.7. The second kappa shape index (κ2) is 10.6. The molecule has 0 aliphatic heterocycles. The summed E-state index contributed by atoms with van der Waals surface area (Å²) in [7, 11) is 0. The van der Waals surface area contributed by atoms with E-state index in [1.54, 1.807) is 11.3 Å². The van der Waals surface area contributed by atoms with E-state index in [9.17, 15) is 4.79 Å². The van der Waals surface area contributed by atoms with Crippen LogP contribution in [0.25, 0.3) is 0 Å². The molecule has 6 heteroatoms. The fourth-order valence-electron chi connectivity index (χ4n) is 2.25. The smallest absolute Gasteiger partial charge is 0.226 e. The van der Waals surface area contributed by atoms with Gasteiger partial charge >= 0.3 is 0 Å². The molecule has 0 atom stereocenters. The lowest BCUT2D eigenvalue weighted by molar-refractivity contribution is -0.118. The number of carbonyl (C=O) groups excluding carboxylic acids is 1. The van der Waals surface area contributed by atoms with Crippen LogP contribution in [-0.4, -0.2) is 25.0 Å². The van der Waals surface area contributed by atoms with Crippen LogP contribution in [0.4, 0.5) is 5.69 Å². The Morgan fingerprint density at radius 2 is 1.92 bits per heavy atom. The molecule has 1 aromatic carbocycles. The molecule has 26 heavy (non-hydrogen) atoms. The number of rotatable bonds is 8. The molecule has 0 radical (unpaired) electrons. The van der Waals surface area contributed by atoms with Crippen LogP contribution >= 0.6 is 11.3 Å². The number of hydrogen-bond donors (Lipinski definition) is 3. The Morgan fingerprint density at radius 3 is 2.54 bits per heavy atom. The van der Waals surface area contributed by atoms with Crippen LogP contribution in [0.3, 0.4) is 0 Å². The van der Waals surface area contributed by atoms with Crippen LogP contribution in [0.2, 0.25) is 0 Å². The number of hydrogen-bond acceptors (Lipinski definition) is 3. The van der Waals surface area contributed by atoms with Gasteiger partial charge in [-0.1, -0.05) is 32.0 Å². The summed E-state index contributed by atoms with van der Waals surface area (Å²) >= 11 is 1.78. The lowest BCUT2D eigenvalue weighted by Gasteiger charge is -2.11. The maximum atomic E-state index is 11.7. The van der Waals surface area contributed by atoms with E-state index in [0.29, 0.717) is 6.54 Å². The highest BCUT2D eigenvalue weighted by atomic mass is 32.1. The van der Waals surface area contributed by atoms with Crippen molar-refractivity contribution in [1.29, 1.82) is 0 Å². The Balaban J connectivity index is 1.86. The van der Waals surface area contributed by atoms with Gasteiger partial charge in [0.1, 0.15) is 0 Å². The van der Waals surface area contributed by atoms with Crippen molar-refractivity contribution in [3.8, 4) is 0 Å². The highest BCUT2D eigenvalue weighted by Crippen LogP contribution is 2.12. The van der Waals surface area contributed by atoms with Gasteiger partial charge in [-0.05, 0) is 42.5 Å². The molecule has 1 heterocycles. The summed E-state index contributed by atoms with van der Waals surface area (Å²) in [6.45, 7) is 8.09. The third kappa shape index (κ3) is 6.88. The summed E-state index contributed by atoms with van der Waals surface area (Å²) in [4.78, 5) is 17.7. The predicted molar refractivity (Wildman–Crippen MR) is 111 cm³/mol. The number of aliphatic imine (C=N–C) groups is 1. The van der Waals surface area contributed by atoms with Crippen LogP contribution in [0.5, 0.6) is 0 Å². The Morgan fingerprint density at radius 1 is 1.15 bits per heavy atom. The molecule has 0 saturated heterocycles. The minimum Gasteiger partial charge on any atom is -0.357 e. The van der Waals surface area contributed by atoms with E-state index in [2.05, 4.69) is 45.4 Å². The quantitative estimate of drug-likeness (QED) is 0.490. The highest BCUT2D eigenvalue weighted by Gasteiger charge is 2.06. The maximum Gasteiger partial charge on any atom is 0.226 e. The first-order valence-electron chi connectivity index (χ1n) is 9.03. The molecule has 2 aromatic rings. The molecule has 0 bridgehead atoms. The topological polar surface area (TPSA) is 65.5 Å². The molecule has 0 aliphatic rings. The lowest BCUT2D eigenvalue weighted by Crippen LogP contribution is -2.38. The van der Waals surface area contributed by atoms with E-state index in [1.165, 1.54) is 4.88 Å². The van der Waals surface area contributed by atoms with Crippen LogP contribution in [0.15, 0.2) is 46.8 Å². The molecule has 2 rings (SSSR count). The molecule has 0 saturated carbocycles. The molecule has 0 fully saturated rings. The summed E-state index contributed by atoms with van der Waals surface area (Å²) in [5.74, 6) is 0.823. The first-order chi connectivity index (χ1) is 12.6. The Hall–Kier alpha value is -2.34. The molecule has 0 spiro atoms. The van der Waals surface area contributed by atoms with Gasteiger partial charge in [0.2, 0.25) is 5.91 Å². The van der Waals surface area contributed by atoms with Crippen molar-refractivity contribution in [3.05, 3.63) is 52.2 Å². The van der Waals surface area contributed by atoms with Gasteiger partial charge in [-0.3, -0.25) is 4.79 Å². The van der Waals surface area contributed by atoms with E-state index >= 15 is 0 Å². The van der Waals surface area contributed by atoms with E-state index < -0.39 is 0 Å². The maximum absolute atomic E-state index is 11.7. The third-order valence-electron chi connectivity index (χ3n) is 3.75. The molecule has 5 nitrogen and oxygen atoms in total. The van der Waals surface area contributed by atoms with Gasteiger partial charge < -0.3 is 16.0 Å². The Labute approximate surface area is 159 Å². The monoisotopic (exact) mass is 372 g/mol. The highest BCUT2D eigenvalue weighted by molar-refractivity contribution is 7.09. The molecule has 1 amide bonds. The first kappa shape index (κ1) is 20.0. The largest absolute Gasteiger partial charge is 0.357 e. The fraction of sp³-hybridized carbons (Fsp3) is 0.400. The molecular weight excluding hydrogens is 344 g/mol. The van der Waals surface area contributed by atoms with Gasteiger partial charge in [0.15, 0.2) is 5.96 Å². The first-order valence-corrected chi connectivity index (χ1v) is 9.90. The summed E-state index contributed by atoms with van der Waals surface area (Å²) in [5.41, 5.74) is 1.92. The van der Waals surface area contributed by atoms with Gasteiger partial charge in [-0.15, -0.1) is 11.3 Å². The summed E-state index contributed by atoms with van der Waals surface area (Å²) in [6.07, 6.45) is 0.992.